The van der Waals surface area contributed by atoms with Crippen LogP contribution >= 0.6 is 0 Å². The highest BCUT2D eigenvalue weighted by atomic mass is 32.2. The summed E-state index contributed by atoms with van der Waals surface area (Å²) in [6.07, 6.45) is 3.78. The predicted octanol–water partition coefficient (Wildman–Crippen LogP) is 0.235. The van der Waals surface area contributed by atoms with E-state index in [2.05, 4.69) is 36.9 Å². The Morgan fingerprint density at radius 3 is 2.21 bits per heavy atom. The highest BCUT2D eigenvalue weighted by Crippen LogP contribution is 1.89. The third kappa shape index (κ3) is 7.70. The van der Waals surface area contributed by atoms with Crippen LogP contribution in [0.15, 0.2) is 24.4 Å². The summed E-state index contributed by atoms with van der Waals surface area (Å²) in [5.74, 6) is 0. The molecule has 80 valence electrons. The van der Waals surface area contributed by atoms with E-state index in [9.17, 15) is 0 Å². The van der Waals surface area contributed by atoms with Crippen LogP contribution in [0.2, 0.25) is 0 Å². The summed E-state index contributed by atoms with van der Waals surface area (Å²) < 4.78 is 29.4. The van der Waals surface area contributed by atoms with E-state index in [1.54, 1.807) is 0 Å². The normalized spacial score (nSPS) is 10.3. The maximum absolute atomic E-state index is 9.08. The first kappa shape index (κ1) is 13.1. The minimum Gasteiger partial charge on any atom is -0.748 e. The summed E-state index contributed by atoms with van der Waals surface area (Å²) >= 11 is 0. The number of hydrogen-bond acceptors (Lipinski definition) is 3. The lowest BCUT2D eigenvalue weighted by atomic mass is 10.3. The largest absolute Gasteiger partial charge is 0.748 e. The van der Waals surface area contributed by atoms with Crippen molar-refractivity contribution in [2.24, 2.45) is 7.05 Å². The van der Waals surface area contributed by atoms with E-state index in [4.69, 9.17) is 13.0 Å². The summed E-state index contributed by atoms with van der Waals surface area (Å²) in [5, 5.41) is 0. The van der Waals surface area contributed by atoms with Crippen molar-refractivity contribution >= 4 is 10.1 Å². The van der Waals surface area contributed by atoms with Crippen molar-refractivity contribution in [2.45, 2.75) is 13.3 Å². The predicted molar refractivity (Wildman–Crippen MR) is 52.6 cm³/mol. The molecule has 0 spiro atoms. The van der Waals surface area contributed by atoms with Gasteiger partial charge in [-0.25, -0.2) is 13.0 Å². The van der Waals surface area contributed by atoms with Gasteiger partial charge in [0, 0.05) is 24.8 Å². The molecule has 1 aromatic rings. The van der Waals surface area contributed by atoms with Gasteiger partial charge in [-0.2, -0.15) is 0 Å². The summed E-state index contributed by atoms with van der Waals surface area (Å²) in [4.78, 5) is 0. The monoisotopic (exact) mass is 217 g/mol. The molecular formula is C9H15NO3S. The fourth-order valence-corrected chi connectivity index (χ4v) is 0.926. The number of rotatable bonds is 1. The van der Waals surface area contributed by atoms with Gasteiger partial charge in [-0.3, -0.25) is 0 Å². The van der Waals surface area contributed by atoms with E-state index >= 15 is 0 Å². The molecule has 0 atom stereocenters. The summed E-state index contributed by atoms with van der Waals surface area (Å²) in [5.41, 5.74) is 1.37. The molecule has 0 aromatic carbocycles. The highest BCUT2D eigenvalue weighted by molar-refractivity contribution is 7.84. The second-order valence-corrected chi connectivity index (χ2v) is 4.27. The van der Waals surface area contributed by atoms with Crippen molar-refractivity contribution in [3.8, 4) is 0 Å². The zero-order valence-electron chi connectivity index (χ0n) is 8.60. The Labute approximate surface area is 85.0 Å². The second kappa shape index (κ2) is 5.72. The van der Waals surface area contributed by atoms with Crippen LogP contribution in [-0.2, 0) is 23.6 Å². The molecule has 0 radical (unpaired) electrons. The highest BCUT2D eigenvalue weighted by Gasteiger charge is 1.97. The van der Waals surface area contributed by atoms with Crippen LogP contribution in [0, 0.1) is 0 Å². The molecule has 5 heteroatoms. The fourth-order valence-electron chi connectivity index (χ4n) is 0.926. The van der Waals surface area contributed by atoms with Crippen LogP contribution in [0.3, 0.4) is 0 Å². The number of aromatic nitrogens is 1. The molecule has 0 bridgehead atoms. The summed E-state index contributed by atoms with van der Waals surface area (Å²) in [6, 6.07) is 6.25. The van der Waals surface area contributed by atoms with E-state index < -0.39 is 10.1 Å². The van der Waals surface area contributed by atoms with Crippen molar-refractivity contribution in [3.05, 3.63) is 30.1 Å². The zero-order valence-corrected chi connectivity index (χ0v) is 9.41. The van der Waals surface area contributed by atoms with Gasteiger partial charge in [0.15, 0.2) is 11.9 Å². The van der Waals surface area contributed by atoms with E-state index in [1.807, 2.05) is 6.07 Å². The van der Waals surface area contributed by atoms with E-state index in [1.165, 1.54) is 5.69 Å². The number of nitrogens with zero attached hydrogens (tertiary/aromatic N) is 1. The van der Waals surface area contributed by atoms with Crippen molar-refractivity contribution in [3.63, 3.8) is 0 Å². The molecule has 1 heterocycles. The van der Waals surface area contributed by atoms with Crippen LogP contribution in [0.1, 0.15) is 12.6 Å². The molecule has 0 saturated carbocycles. The quantitative estimate of drug-likeness (QED) is 0.500. The maximum Gasteiger partial charge on any atom is 0.180 e. The SMILES string of the molecule is CCc1cccc[n+]1C.CS(=O)(=O)[O-]. The first-order chi connectivity index (χ1) is 6.34. The van der Waals surface area contributed by atoms with E-state index in [0.717, 1.165) is 6.42 Å². The second-order valence-electron chi connectivity index (χ2n) is 2.86. The van der Waals surface area contributed by atoms with Gasteiger partial charge >= 0.3 is 0 Å². The first-order valence-corrected chi connectivity index (χ1v) is 6.00. The summed E-state index contributed by atoms with van der Waals surface area (Å²) in [7, 11) is -1.85. The molecule has 0 unspecified atom stereocenters. The van der Waals surface area contributed by atoms with Crippen LogP contribution in [0.4, 0.5) is 0 Å². The molecule has 0 amide bonds. The average molecular weight is 217 g/mol. The topological polar surface area (TPSA) is 61.1 Å². The Balaban J connectivity index is 0.000000292. The van der Waals surface area contributed by atoms with Crippen molar-refractivity contribution in [1.82, 2.24) is 0 Å². The Kier molecular flexibility index (Phi) is 5.34. The zero-order chi connectivity index (χ0) is 11.2. The molecule has 1 rings (SSSR count). The molecule has 4 nitrogen and oxygen atoms in total. The maximum atomic E-state index is 9.08. The molecule has 14 heavy (non-hydrogen) atoms. The lowest BCUT2D eigenvalue weighted by Crippen LogP contribution is -2.32. The van der Waals surface area contributed by atoms with Gasteiger partial charge in [-0.1, -0.05) is 13.0 Å². The van der Waals surface area contributed by atoms with Gasteiger partial charge in [0.25, 0.3) is 0 Å². The van der Waals surface area contributed by atoms with Gasteiger partial charge in [0.05, 0.1) is 10.1 Å². The molecule has 0 fully saturated rings. The van der Waals surface area contributed by atoms with Crippen molar-refractivity contribution < 1.29 is 17.5 Å². The van der Waals surface area contributed by atoms with Crippen LogP contribution < -0.4 is 4.57 Å². The van der Waals surface area contributed by atoms with E-state index in [-0.39, 0.29) is 0 Å². The fraction of sp³-hybridized carbons (Fsp3) is 0.444. The van der Waals surface area contributed by atoms with Crippen molar-refractivity contribution in [2.75, 3.05) is 6.26 Å². The third-order valence-electron chi connectivity index (χ3n) is 1.52. The lowest BCUT2D eigenvalue weighted by Gasteiger charge is -1.91. The number of hydrogen-bond donors (Lipinski definition) is 0. The molecule has 1 aromatic heterocycles. The Morgan fingerprint density at radius 1 is 1.43 bits per heavy atom. The molecule has 0 N–H and O–H groups in total. The van der Waals surface area contributed by atoms with Gasteiger partial charge in [-0.15, -0.1) is 0 Å². The molecule has 0 aliphatic rings. The number of pyridine rings is 1. The van der Waals surface area contributed by atoms with Crippen LogP contribution in [-0.4, -0.2) is 19.2 Å². The minimum absolute atomic E-state index is 0.604. The smallest absolute Gasteiger partial charge is 0.180 e. The Hall–Kier alpha value is -0.940. The Morgan fingerprint density at radius 2 is 1.93 bits per heavy atom. The number of aryl methyl sites for hydroxylation is 2. The third-order valence-corrected chi connectivity index (χ3v) is 1.52. The van der Waals surface area contributed by atoms with Gasteiger partial charge in [-0.05, 0) is 0 Å². The van der Waals surface area contributed by atoms with Crippen LogP contribution in [0.5, 0.6) is 0 Å². The standard InChI is InChI=1S/C8H12N.CH4O3S/c1-3-8-6-4-5-7-9(8)2;1-5(2,3)4/h4-7H,3H2,1-2H3;1H3,(H,2,3,4)/q+1;/p-1. The first-order valence-electron chi connectivity index (χ1n) is 4.19. The molecular weight excluding hydrogens is 202 g/mol. The lowest BCUT2D eigenvalue weighted by molar-refractivity contribution is -0.679. The van der Waals surface area contributed by atoms with E-state index in [0.29, 0.717) is 6.26 Å². The molecule has 0 aliphatic carbocycles. The molecule has 0 saturated heterocycles. The average Bonchev–Trinajstić information content (AvgIpc) is 2.02. The van der Waals surface area contributed by atoms with Crippen LogP contribution in [0.25, 0.3) is 0 Å². The summed E-state index contributed by atoms with van der Waals surface area (Å²) in [6.45, 7) is 2.16. The van der Waals surface area contributed by atoms with Gasteiger partial charge < -0.3 is 4.55 Å². The van der Waals surface area contributed by atoms with Gasteiger partial charge in [0.2, 0.25) is 0 Å². The van der Waals surface area contributed by atoms with Crippen molar-refractivity contribution in [1.29, 1.82) is 0 Å². The Bertz CT molecular complexity index is 365. The van der Waals surface area contributed by atoms with Gasteiger partial charge in [0.1, 0.15) is 7.05 Å². The molecule has 0 aliphatic heterocycles. The minimum atomic E-state index is -3.92.